The van der Waals surface area contributed by atoms with Gasteiger partial charge in [0.1, 0.15) is 11.4 Å². The van der Waals surface area contributed by atoms with Crippen LogP contribution in [0.15, 0.2) is 62.0 Å². The number of fused-ring (bicyclic) bond motifs is 1. The van der Waals surface area contributed by atoms with Gasteiger partial charge in [-0.05, 0) is 49.4 Å². The predicted molar refractivity (Wildman–Crippen MR) is 131 cm³/mol. The van der Waals surface area contributed by atoms with E-state index in [1.807, 2.05) is 45.9 Å². The van der Waals surface area contributed by atoms with E-state index in [1.165, 1.54) is 4.31 Å². The Labute approximate surface area is 206 Å². The van der Waals surface area contributed by atoms with Crippen molar-refractivity contribution in [2.75, 3.05) is 7.05 Å². The Morgan fingerprint density at radius 3 is 2.43 bits per heavy atom. The standard InChI is InChI=1S/C25H32N6O3S/c1-6-7-23-29-30-24(34-23)22(14-17(2)3)31(5)35(32,33)19-10-8-18(9-11-19)15-25(4)27-20-12-13-26-16-21(20)28-25/h8-13,16-17,22H,6-7,14-15H2,1-5H3. The number of nitrogens with zero attached hydrogens (tertiary/aromatic N) is 6. The van der Waals surface area contributed by atoms with E-state index in [9.17, 15) is 8.42 Å². The Bertz CT molecular complexity index is 1360. The monoisotopic (exact) mass is 496 g/mol. The molecule has 9 nitrogen and oxygen atoms in total. The number of pyridine rings is 1. The van der Waals surface area contributed by atoms with Gasteiger partial charge in [-0.25, -0.2) is 8.42 Å². The SMILES string of the molecule is CCCc1nnc(C(CC(C)C)N(C)S(=O)(=O)c2ccc(CC3(C)N=c4ccncc4=N3)cc2)o1. The normalized spacial score (nSPS) is 18.4. The van der Waals surface area contributed by atoms with Crippen LogP contribution in [0.4, 0.5) is 0 Å². The lowest BCUT2D eigenvalue weighted by atomic mass is 10.0. The number of rotatable bonds is 10. The van der Waals surface area contributed by atoms with Crippen molar-refractivity contribution in [1.29, 1.82) is 0 Å². The van der Waals surface area contributed by atoms with Crippen LogP contribution in [0.5, 0.6) is 0 Å². The Balaban J connectivity index is 1.55. The zero-order valence-corrected chi connectivity index (χ0v) is 21.7. The first-order valence-electron chi connectivity index (χ1n) is 11.9. The molecule has 0 spiro atoms. The summed E-state index contributed by atoms with van der Waals surface area (Å²) in [5.74, 6) is 1.09. The van der Waals surface area contributed by atoms with Crippen molar-refractivity contribution in [1.82, 2.24) is 19.5 Å². The van der Waals surface area contributed by atoms with Crippen molar-refractivity contribution in [3.8, 4) is 0 Å². The number of hydrogen-bond acceptors (Lipinski definition) is 8. The lowest BCUT2D eigenvalue weighted by molar-refractivity contribution is 0.266. The number of aromatic nitrogens is 3. The molecule has 0 N–H and O–H groups in total. The van der Waals surface area contributed by atoms with Crippen LogP contribution in [0.3, 0.4) is 0 Å². The van der Waals surface area contributed by atoms with Gasteiger partial charge in [-0.3, -0.25) is 15.0 Å². The van der Waals surface area contributed by atoms with E-state index in [0.717, 1.165) is 22.7 Å². The van der Waals surface area contributed by atoms with Gasteiger partial charge in [-0.15, -0.1) is 10.2 Å². The van der Waals surface area contributed by atoms with Crippen molar-refractivity contribution in [2.45, 2.75) is 70.0 Å². The van der Waals surface area contributed by atoms with Crippen LogP contribution in [0.25, 0.3) is 0 Å². The van der Waals surface area contributed by atoms with Crippen molar-refractivity contribution in [2.24, 2.45) is 15.9 Å². The third-order valence-electron chi connectivity index (χ3n) is 6.00. The molecule has 1 aromatic carbocycles. The average molecular weight is 497 g/mol. The maximum absolute atomic E-state index is 13.5. The zero-order valence-electron chi connectivity index (χ0n) is 20.8. The van der Waals surface area contributed by atoms with Gasteiger partial charge in [0, 0.05) is 26.1 Å². The van der Waals surface area contributed by atoms with Gasteiger partial charge >= 0.3 is 0 Å². The lowest BCUT2D eigenvalue weighted by Gasteiger charge is -2.26. The number of sulfonamides is 1. The Kier molecular flexibility index (Phi) is 7.14. The van der Waals surface area contributed by atoms with Gasteiger partial charge in [0.25, 0.3) is 0 Å². The maximum atomic E-state index is 13.5. The minimum absolute atomic E-state index is 0.212. The molecule has 10 heteroatoms. The van der Waals surface area contributed by atoms with Gasteiger partial charge in [-0.2, -0.15) is 4.31 Å². The first-order chi connectivity index (χ1) is 16.6. The third kappa shape index (κ3) is 5.48. The summed E-state index contributed by atoms with van der Waals surface area (Å²) < 4.78 is 34.2. The molecule has 2 atom stereocenters. The van der Waals surface area contributed by atoms with Gasteiger partial charge in [0.15, 0.2) is 5.66 Å². The van der Waals surface area contributed by atoms with Crippen molar-refractivity contribution < 1.29 is 12.8 Å². The van der Waals surface area contributed by atoms with Crippen molar-refractivity contribution in [3.05, 3.63) is 70.8 Å². The first-order valence-corrected chi connectivity index (χ1v) is 13.3. The number of hydrogen-bond donors (Lipinski definition) is 0. The molecule has 2 aromatic heterocycles. The van der Waals surface area contributed by atoms with Crippen LogP contribution in [-0.2, 0) is 22.9 Å². The van der Waals surface area contributed by atoms with Crippen molar-refractivity contribution >= 4 is 10.0 Å². The quantitative estimate of drug-likeness (QED) is 0.426. The fraction of sp³-hybridized carbons (Fsp3) is 0.480. The highest BCUT2D eigenvalue weighted by Gasteiger charge is 2.33. The first kappa shape index (κ1) is 25.1. The van der Waals surface area contributed by atoms with E-state index in [0.29, 0.717) is 31.0 Å². The van der Waals surface area contributed by atoms with Crippen LogP contribution in [0, 0.1) is 5.92 Å². The molecule has 0 fully saturated rings. The summed E-state index contributed by atoms with van der Waals surface area (Å²) in [7, 11) is -2.22. The molecule has 3 aromatic rings. The van der Waals surface area contributed by atoms with E-state index >= 15 is 0 Å². The van der Waals surface area contributed by atoms with Crippen LogP contribution < -0.4 is 10.7 Å². The minimum Gasteiger partial charge on any atom is -0.424 e. The molecule has 2 unspecified atom stereocenters. The molecule has 0 radical (unpaired) electrons. The zero-order chi connectivity index (χ0) is 25.2. The molecule has 3 heterocycles. The van der Waals surface area contributed by atoms with E-state index < -0.39 is 21.7 Å². The van der Waals surface area contributed by atoms with Gasteiger partial charge < -0.3 is 4.42 Å². The highest BCUT2D eigenvalue weighted by Crippen LogP contribution is 2.31. The van der Waals surface area contributed by atoms with Crippen LogP contribution in [0.2, 0.25) is 0 Å². The lowest BCUT2D eigenvalue weighted by Crippen LogP contribution is -2.32. The number of aryl methyl sites for hydroxylation is 1. The molecule has 1 aliphatic heterocycles. The summed E-state index contributed by atoms with van der Waals surface area (Å²) in [6.07, 6.45) is 6.06. The molecule has 35 heavy (non-hydrogen) atoms. The molecule has 0 aliphatic carbocycles. The summed E-state index contributed by atoms with van der Waals surface area (Å²) in [4.78, 5) is 13.7. The largest absolute Gasteiger partial charge is 0.424 e. The second-order valence-electron chi connectivity index (χ2n) is 9.58. The Morgan fingerprint density at radius 1 is 1.06 bits per heavy atom. The fourth-order valence-corrected chi connectivity index (χ4v) is 5.57. The van der Waals surface area contributed by atoms with Crippen LogP contribution >= 0.6 is 0 Å². The Hall–Kier alpha value is -2.98. The van der Waals surface area contributed by atoms with Gasteiger partial charge in [-0.1, -0.05) is 32.9 Å². The van der Waals surface area contributed by atoms with Gasteiger partial charge in [0.05, 0.1) is 16.4 Å². The van der Waals surface area contributed by atoms with E-state index in [1.54, 1.807) is 31.6 Å². The molecule has 4 rings (SSSR count). The molecule has 0 amide bonds. The highest BCUT2D eigenvalue weighted by atomic mass is 32.2. The van der Waals surface area contributed by atoms with Crippen LogP contribution in [0.1, 0.15) is 63.9 Å². The topological polar surface area (TPSA) is 114 Å². The summed E-state index contributed by atoms with van der Waals surface area (Å²) in [5.41, 5.74) is 0.307. The minimum atomic E-state index is -3.79. The van der Waals surface area contributed by atoms with Crippen molar-refractivity contribution in [3.63, 3.8) is 0 Å². The molecule has 1 aliphatic rings. The van der Waals surface area contributed by atoms with E-state index in [2.05, 4.69) is 15.2 Å². The maximum Gasteiger partial charge on any atom is 0.243 e. The summed E-state index contributed by atoms with van der Waals surface area (Å²) in [6.45, 7) is 8.07. The average Bonchev–Trinajstić information content (AvgIpc) is 3.40. The smallest absolute Gasteiger partial charge is 0.243 e. The van der Waals surface area contributed by atoms with E-state index in [4.69, 9.17) is 14.4 Å². The molecule has 186 valence electrons. The number of benzene rings is 1. The highest BCUT2D eigenvalue weighted by molar-refractivity contribution is 7.89. The molecular weight excluding hydrogens is 464 g/mol. The summed E-state index contributed by atoms with van der Waals surface area (Å²) in [6, 6.07) is 8.22. The second-order valence-corrected chi connectivity index (χ2v) is 11.6. The van der Waals surface area contributed by atoms with Crippen LogP contribution in [-0.4, -0.2) is 40.6 Å². The molecular formula is C25H32N6O3S. The summed E-state index contributed by atoms with van der Waals surface area (Å²) in [5, 5.41) is 9.85. The molecule has 0 bridgehead atoms. The fourth-order valence-electron chi connectivity index (χ4n) is 4.25. The molecule has 0 saturated heterocycles. The van der Waals surface area contributed by atoms with E-state index in [-0.39, 0.29) is 10.8 Å². The van der Waals surface area contributed by atoms with Gasteiger partial charge in [0.2, 0.25) is 21.8 Å². The second kappa shape index (κ2) is 9.94. The Morgan fingerprint density at radius 2 is 1.77 bits per heavy atom. The predicted octanol–water partition coefficient (Wildman–Crippen LogP) is 3.04. The third-order valence-corrected chi connectivity index (χ3v) is 7.89. The summed E-state index contributed by atoms with van der Waals surface area (Å²) >= 11 is 0. The molecule has 0 saturated carbocycles.